The molecule has 2 aliphatic carbocycles. The summed E-state index contributed by atoms with van der Waals surface area (Å²) in [5.74, 6) is 1.20. The summed E-state index contributed by atoms with van der Waals surface area (Å²) in [4.78, 5) is 2.18. The first kappa shape index (κ1) is 26.1. The van der Waals surface area contributed by atoms with Crippen LogP contribution in [-0.2, 0) is 17.1 Å². The van der Waals surface area contributed by atoms with E-state index in [1.165, 1.54) is 11.5 Å². The summed E-state index contributed by atoms with van der Waals surface area (Å²) in [6, 6.07) is 11.6. The minimum absolute atomic E-state index is 0. The van der Waals surface area contributed by atoms with Crippen LogP contribution in [0, 0.1) is 69.8 Å². The Morgan fingerprint density at radius 2 is 1.52 bits per heavy atom. The molecular weight excluding hydrogens is 312 g/mol. The van der Waals surface area contributed by atoms with E-state index in [-0.39, 0.29) is 60.8 Å². The minimum Gasteiger partial charge on any atom is -0.469 e. The van der Waals surface area contributed by atoms with Gasteiger partial charge in [0.25, 0.3) is 0 Å². The van der Waals surface area contributed by atoms with Crippen molar-refractivity contribution in [2.24, 2.45) is 0 Å². The molecule has 0 saturated heterocycles. The average Bonchev–Trinajstić information content (AvgIpc) is 3.16. The zero-order chi connectivity index (χ0) is 14.2. The Morgan fingerprint density at radius 1 is 0.913 bits per heavy atom. The Morgan fingerprint density at radius 3 is 1.91 bits per heavy atom. The van der Waals surface area contributed by atoms with Crippen molar-refractivity contribution in [3.63, 3.8) is 0 Å². The van der Waals surface area contributed by atoms with Gasteiger partial charge < -0.3 is 11.3 Å². The van der Waals surface area contributed by atoms with E-state index in [4.69, 9.17) is 0 Å². The molecule has 2 fully saturated rings. The van der Waals surface area contributed by atoms with E-state index in [1.807, 2.05) is 63.1 Å². The van der Waals surface area contributed by atoms with Crippen LogP contribution in [0.3, 0.4) is 0 Å². The fourth-order valence-corrected chi connectivity index (χ4v) is 2.14. The molecule has 1 aromatic rings. The molecule has 0 N–H and O–H groups in total. The molecule has 4 heteroatoms. The first-order valence-electron chi connectivity index (χ1n) is 6.72. The summed E-state index contributed by atoms with van der Waals surface area (Å²) in [7, 11) is 4.15. The van der Waals surface area contributed by atoms with Crippen molar-refractivity contribution in [1.29, 1.82) is 0 Å². The van der Waals surface area contributed by atoms with Gasteiger partial charge in [-0.2, -0.15) is 36.2 Å². The van der Waals surface area contributed by atoms with Crippen molar-refractivity contribution >= 4 is 0 Å². The third-order valence-electron chi connectivity index (χ3n) is 3.02. The van der Waals surface area contributed by atoms with Gasteiger partial charge >= 0.3 is 54.8 Å². The standard InChI is InChI=1S/C14H14N.C5H5.Fe.2Li/c1-15(2)14(13-10-6-7-11-13)12-8-4-3-5-9-12;1-2-4-5-3-1;;;/h3-8,10,14H,1-2H3;1-5H;;;/q-2;;+2;2*+1/t14-;;;;/m1..../s1. The molecule has 1 nitrogen and oxygen atoms in total. The van der Waals surface area contributed by atoms with Crippen molar-refractivity contribution in [3.8, 4) is 0 Å². The number of rotatable bonds is 3. The molecule has 10 radical (unpaired) electrons. The molecule has 0 amide bonds. The van der Waals surface area contributed by atoms with Crippen molar-refractivity contribution in [3.05, 3.63) is 99.6 Å². The zero-order valence-corrected chi connectivity index (χ0v) is 15.4. The van der Waals surface area contributed by atoms with Gasteiger partial charge in [-0.05, 0) is 52.2 Å². The van der Waals surface area contributed by atoms with Gasteiger partial charge in [0.2, 0.25) is 0 Å². The van der Waals surface area contributed by atoms with Gasteiger partial charge in [-0.15, -0.1) is 5.56 Å². The van der Waals surface area contributed by atoms with Crippen molar-refractivity contribution in [2.75, 3.05) is 14.1 Å². The van der Waals surface area contributed by atoms with Crippen LogP contribution in [0.1, 0.15) is 11.6 Å². The molecule has 108 valence electrons. The Hall–Kier alpha value is 0.894. The Balaban J connectivity index is 0. The SMILES string of the molecule is CN(C)[C@@H]([C]1[C-][CH][CH][CH]1)c1[c-]cccc1.[CH]1[CH][CH][CH][CH]1.[Fe+2].[Li+].[Li+]. The molecule has 0 spiro atoms. The Kier molecular flexibility index (Phi) is 17.2. The molecule has 1 atom stereocenters. The number of benzene rings is 1. The summed E-state index contributed by atoms with van der Waals surface area (Å²) >= 11 is 0. The smallest absolute Gasteiger partial charge is 0.469 e. The Labute approximate surface area is 178 Å². The summed E-state index contributed by atoms with van der Waals surface area (Å²) in [5, 5.41) is 0. The van der Waals surface area contributed by atoms with E-state index in [1.54, 1.807) is 0 Å². The predicted octanol–water partition coefficient (Wildman–Crippen LogP) is -2.60. The van der Waals surface area contributed by atoms with Gasteiger partial charge in [0.15, 0.2) is 0 Å². The number of nitrogens with zero attached hydrogens (tertiary/aromatic N) is 1. The second kappa shape index (κ2) is 15.2. The van der Waals surface area contributed by atoms with Crippen molar-refractivity contribution < 1.29 is 54.8 Å². The van der Waals surface area contributed by atoms with E-state index in [2.05, 4.69) is 44.0 Å². The van der Waals surface area contributed by atoms with Gasteiger partial charge in [0, 0.05) is 0 Å². The molecule has 0 aromatic heterocycles. The fraction of sp³-hybridized carbons (Fsp3) is 0.158. The third-order valence-corrected chi connectivity index (χ3v) is 3.02. The number of hydrogen-bond acceptors (Lipinski definition) is 1. The second-order valence-corrected chi connectivity index (χ2v) is 4.77. The summed E-state index contributed by atoms with van der Waals surface area (Å²) in [6.45, 7) is 0. The first-order chi connectivity index (χ1) is 9.79. The maximum Gasteiger partial charge on any atom is 2.00 e. The van der Waals surface area contributed by atoms with Crippen LogP contribution in [0.2, 0.25) is 0 Å². The van der Waals surface area contributed by atoms with Crippen LogP contribution in [0.15, 0.2) is 24.3 Å². The van der Waals surface area contributed by atoms with Gasteiger partial charge in [-0.3, -0.25) is 0 Å². The molecule has 23 heavy (non-hydrogen) atoms. The van der Waals surface area contributed by atoms with E-state index in [0.717, 1.165) is 0 Å². The van der Waals surface area contributed by atoms with Crippen LogP contribution < -0.4 is 37.7 Å². The first-order valence-corrected chi connectivity index (χ1v) is 6.72. The van der Waals surface area contributed by atoms with Crippen molar-refractivity contribution in [1.82, 2.24) is 4.90 Å². The number of hydrogen-bond donors (Lipinski definition) is 0. The second-order valence-electron chi connectivity index (χ2n) is 4.77. The summed E-state index contributed by atoms with van der Waals surface area (Å²) < 4.78 is 0. The van der Waals surface area contributed by atoms with Gasteiger partial charge in [0.05, 0.1) is 0 Å². The minimum atomic E-state index is 0. The third kappa shape index (κ3) is 9.24. The van der Waals surface area contributed by atoms with Crippen LogP contribution in [0.25, 0.3) is 0 Å². The van der Waals surface area contributed by atoms with E-state index < -0.39 is 0 Å². The van der Waals surface area contributed by atoms with Gasteiger partial charge in [-0.1, -0.05) is 12.8 Å². The van der Waals surface area contributed by atoms with Crippen LogP contribution >= 0.6 is 0 Å². The molecule has 0 unspecified atom stereocenters. The molecule has 1 aromatic carbocycles. The van der Waals surface area contributed by atoms with E-state index >= 15 is 0 Å². The molecule has 0 bridgehead atoms. The fourth-order valence-electron chi connectivity index (χ4n) is 2.14. The Bertz CT molecular complexity index is 355. The largest absolute Gasteiger partial charge is 2.00 e. The quantitative estimate of drug-likeness (QED) is 0.434. The van der Waals surface area contributed by atoms with Gasteiger partial charge in [0.1, 0.15) is 0 Å². The van der Waals surface area contributed by atoms with Crippen LogP contribution in [0.5, 0.6) is 0 Å². The monoisotopic (exact) mass is 331 g/mol. The van der Waals surface area contributed by atoms with Crippen LogP contribution in [0.4, 0.5) is 0 Å². The molecule has 2 aliphatic rings. The summed E-state index contributed by atoms with van der Waals surface area (Å²) in [6.07, 6.45) is 19.3. The van der Waals surface area contributed by atoms with Gasteiger partial charge in [-0.25, -0.2) is 6.42 Å². The molecule has 0 heterocycles. The van der Waals surface area contributed by atoms with Crippen molar-refractivity contribution in [2.45, 2.75) is 6.04 Å². The van der Waals surface area contributed by atoms with E-state index in [0.29, 0.717) is 0 Å². The molecular formula is C19H19FeLi2N+2. The maximum absolute atomic E-state index is 3.28. The summed E-state index contributed by atoms with van der Waals surface area (Å²) in [5.41, 5.74) is 1.19. The predicted molar refractivity (Wildman–Crippen MR) is 82.6 cm³/mol. The molecule has 3 rings (SSSR count). The maximum atomic E-state index is 3.28. The molecule has 2 saturated carbocycles. The normalized spacial score (nSPS) is 18.0. The molecule has 0 aliphatic heterocycles. The van der Waals surface area contributed by atoms with Crippen LogP contribution in [-0.4, -0.2) is 19.0 Å². The zero-order valence-electron chi connectivity index (χ0n) is 14.3. The van der Waals surface area contributed by atoms with E-state index in [9.17, 15) is 0 Å². The topological polar surface area (TPSA) is 3.24 Å². The average molecular weight is 331 g/mol.